The van der Waals surface area contributed by atoms with Gasteiger partial charge in [-0.25, -0.2) is 0 Å². The predicted octanol–water partition coefficient (Wildman–Crippen LogP) is 3.24. The molecule has 0 bridgehead atoms. The Labute approximate surface area is 125 Å². The van der Waals surface area contributed by atoms with E-state index in [9.17, 15) is 9.90 Å². The first kappa shape index (κ1) is 13.9. The number of amides is 1. The molecule has 0 heterocycles. The van der Waals surface area contributed by atoms with Crippen molar-refractivity contribution in [3.05, 3.63) is 62.7 Å². The SMILES string of the molecule is Cc1cccc(CNC(=O)c2cc(I)ccc2O)c1. The number of carbonyl (C=O) groups is 1. The third-order valence-electron chi connectivity index (χ3n) is 2.74. The lowest BCUT2D eigenvalue weighted by atomic mass is 10.1. The van der Waals surface area contributed by atoms with Crippen LogP contribution in [-0.2, 0) is 6.54 Å². The van der Waals surface area contributed by atoms with E-state index in [-0.39, 0.29) is 11.7 Å². The van der Waals surface area contributed by atoms with Gasteiger partial charge in [0.05, 0.1) is 5.56 Å². The van der Waals surface area contributed by atoms with Crippen molar-refractivity contribution in [2.75, 3.05) is 0 Å². The van der Waals surface area contributed by atoms with Gasteiger partial charge in [0.15, 0.2) is 0 Å². The molecule has 19 heavy (non-hydrogen) atoms. The van der Waals surface area contributed by atoms with Gasteiger partial charge < -0.3 is 10.4 Å². The van der Waals surface area contributed by atoms with Gasteiger partial charge in [0.2, 0.25) is 0 Å². The van der Waals surface area contributed by atoms with Crippen molar-refractivity contribution in [3.8, 4) is 5.75 Å². The Morgan fingerprint density at radius 3 is 2.79 bits per heavy atom. The topological polar surface area (TPSA) is 49.3 Å². The van der Waals surface area contributed by atoms with Gasteiger partial charge in [-0.05, 0) is 53.3 Å². The van der Waals surface area contributed by atoms with Gasteiger partial charge in [0.1, 0.15) is 5.75 Å². The van der Waals surface area contributed by atoms with Crippen molar-refractivity contribution in [2.45, 2.75) is 13.5 Å². The molecular formula is C15H14INO2. The molecule has 0 aromatic heterocycles. The fourth-order valence-corrected chi connectivity index (χ4v) is 2.28. The summed E-state index contributed by atoms with van der Waals surface area (Å²) in [5.41, 5.74) is 2.50. The van der Waals surface area contributed by atoms with Crippen LogP contribution >= 0.6 is 22.6 Å². The molecule has 0 aliphatic heterocycles. The van der Waals surface area contributed by atoms with Crippen LogP contribution in [0, 0.1) is 10.5 Å². The normalized spacial score (nSPS) is 10.2. The van der Waals surface area contributed by atoms with Crippen molar-refractivity contribution in [1.82, 2.24) is 5.32 Å². The second kappa shape index (κ2) is 6.06. The fourth-order valence-electron chi connectivity index (χ4n) is 1.79. The molecule has 2 aromatic carbocycles. The summed E-state index contributed by atoms with van der Waals surface area (Å²) in [6, 6.07) is 12.9. The standard InChI is InChI=1S/C15H14INO2/c1-10-3-2-4-11(7-10)9-17-15(19)13-8-12(16)5-6-14(13)18/h2-8,18H,9H2,1H3,(H,17,19). The zero-order chi connectivity index (χ0) is 13.8. The second-order valence-corrected chi connectivity index (χ2v) is 5.58. The number of hydrogen-bond acceptors (Lipinski definition) is 2. The van der Waals surface area contributed by atoms with Crippen LogP contribution in [0.3, 0.4) is 0 Å². The molecule has 3 nitrogen and oxygen atoms in total. The highest BCUT2D eigenvalue weighted by molar-refractivity contribution is 14.1. The van der Waals surface area contributed by atoms with Crippen molar-refractivity contribution < 1.29 is 9.90 Å². The minimum absolute atomic E-state index is 0.00200. The van der Waals surface area contributed by atoms with Crippen LogP contribution in [0.5, 0.6) is 5.75 Å². The van der Waals surface area contributed by atoms with Gasteiger partial charge >= 0.3 is 0 Å². The number of hydrogen-bond donors (Lipinski definition) is 2. The number of nitrogens with one attached hydrogen (secondary N) is 1. The quantitative estimate of drug-likeness (QED) is 0.819. The van der Waals surface area contributed by atoms with Gasteiger partial charge in [-0.2, -0.15) is 0 Å². The average molecular weight is 367 g/mol. The summed E-state index contributed by atoms with van der Waals surface area (Å²) in [5.74, 6) is -0.264. The maximum Gasteiger partial charge on any atom is 0.255 e. The Balaban J connectivity index is 2.07. The van der Waals surface area contributed by atoms with E-state index in [0.717, 1.165) is 14.7 Å². The monoisotopic (exact) mass is 367 g/mol. The molecule has 0 saturated carbocycles. The van der Waals surface area contributed by atoms with Gasteiger partial charge in [-0.1, -0.05) is 29.8 Å². The van der Waals surface area contributed by atoms with Crippen LogP contribution in [0.25, 0.3) is 0 Å². The van der Waals surface area contributed by atoms with E-state index in [4.69, 9.17) is 0 Å². The van der Waals surface area contributed by atoms with Crippen molar-refractivity contribution in [3.63, 3.8) is 0 Å². The van der Waals surface area contributed by atoms with Gasteiger partial charge in [-0.15, -0.1) is 0 Å². The smallest absolute Gasteiger partial charge is 0.255 e. The van der Waals surface area contributed by atoms with Gasteiger partial charge in [-0.3, -0.25) is 4.79 Å². The molecule has 0 unspecified atom stereocenters. The molecule has 0 saturated heterocycles. The number of aromatic hydroxyl groups is 1. The van der Waals surface area contributed by atoms with Crippen molar-refractivity contribution in [1.29, 1.82) is 0 Å². The molecule has 0 aliphatic carbocycles. The van der Waals surface area contributed by atoms with Crippen LogP contribution in [0.4, 0.5) is 0 Å². The molecule has 4 heteroatoms. The number of phenolic OH excluding ortho intramolecular Hbond substituents is 1. The molecule has 0 aliphatic rings. The van der Waals surface area contributed by atoms with E-state index in [1.54, 1.807) is 12.1 Å². The first-order valence-electron chi connectivity index (χ1n) is 5.88. The van der Waals surface area contributed by atoms with Crippen LogP contribution in [-0.4, -0.2) is 11.0 Å². The highest BCUT2D eigenvalue weighted by Gasteiger charge is 2.11. The average Bonchev–Trinajstić information content (AvgIpc) is 2.39. The maximum absolute atomic E-state index is 12.0. The fraction of sp³-hybridized carbons (Fsp3) is 0.133. The van der Waals surface area contributed by atoms with E-state index >= 15 is 0 Å². The van der Waals surface area contributed by atoms with Crippen LogP contribution in [0.2, 0.25) is 0 Å². The zero-order valence-corrected chi connectivity index (χ0v) is 12.6. The number of phenols is 1. The molecule has 0 spiro atoms. The van der Waals surface area contributed by atoms with E-state index in [1.165, 1.54) is 6.07 Å². The highest BCUT2D eigenvalue weighted by Crippen LogP contribution is 2.19. The molecule has 0 fully saturated rings. The first-order chi connectivity index (χ1) is 9.06. The number of rotatable bonds is 3. The summed E-state index contributed by atoms with van der Waals surface area (Å²) >= 11 is 2.11. The summed E-state index contributed by atoms with van der Waals surface area (Å²) in [7, 11) is 0. The number of carbonyl (C=O) groups excluding carboxylic acids is 1. The summed E-state index contributed by atoms with van der Waals surface area (Å²) in [4.78, 5) is 12.0. The highest BCUT2D eigenvalue weighted by atomic mass is 127. The Morgan fingerprint density at radius 2 is 2.05 bits per heavy atom. The van der Waals surface area contributed by atoms with E-state index in [0.29, 0.717) is 12.1 Å². The van der Waals surface area contributed by atoms with Crippen LogP contribution < -0.4 is 5.32 Å². The number of aryl methyl sites for hydroxylation is 1. The summed E-state index contributed by atoms with van der Waals surface area (Å²) in [6.07, 6.45) is 0. The molecule has 2 aromatic rings. The third kappa shape index (κ3) is 3.70. The molecule has 2 N–H and O–H groups in total. The third-order valence-corrected chi connectivity index (χ3v) is 3.41. The Bertz CT molecular complexity index is 611. The molecule has 0 atom stereocenters. The molecule has 98 valence electrons. The maximum atomic E-state index is 12.0. The van der Waals surface area contributed by atoms with Crippen LogP contribution in [0.1, 0.15) is 21.5 Å². The predicted molar refractivity (Wildman–Crippen MR) is 83.2 cm³/mol. The molecular weight excluding hydrogens is 353 g/mol. The Hall–Kier alpha value is -1.56. The summed E-state index contributed by atoms with van der Waals surface area (Å²) in [5, 5.41) is 12.5. The van der Waals surface area contributed by atoms with E-state index < -0.39 is 0 Å². The minimum atomic E-state index is -0.266. The summed E-state index contributed by atoms with van der Waals surface area (Å²) in [6.45, 7) is 2.46. The lowest BCUT2D eigenvalue weighted by Gasteiger charge is -2.08. The van der Waals surface area contributed by atoms with E-state index in [2.05, 4.69) is 27.9 Å². The van der Waals surface area contributed by atoms with Crippen molar-refractivity contribution >= 4 is 28.5 Å². The molecule has 0 radical (unpaired) electrons. The first-order valence-corrected chi connectivity index (χ1v) is 6.96. The molecule has 2 rings (SSSR count). The number of benzene rings is 2. The van der Waals surface area contributed by atoms with Gasteiger partial charge in [0, 0.05) is 10.1 Å². The van der Waals surface area contributed by atoms with E-state index in [1.807, 2.05) is 31.2 Å². The molecule has 1 amide bonds. The second-order valence-electron chi connectivity index (χ2n) is 4.33. The largest absolute Gasteiger partial charge is 0.507 e. The summed E-state index contributed by atoms with van der Waals surface area (Å²) < 4.78 is 0.913. The number of halogens is 1. The Morgan fingerprint density at radius 1 is 1.26 bits per heavy atom. The van der Waals surface area contributed by atoms with Crippen molar-refractivity contribution in [2.24, 2.45) is 0 Å². The lowest BCUT2D eigenvalue weighted by Crippen LogP contribution is -2.23. The Kier molecular flexibility index (Phi) is 4.42. The van der Waals surface area contributed by atoms with Crippen LogP contribution in [0.15, 0.2) is 42.5 Å². The minimum Gasteiger partial charge on any atom is -0.507 e. The zero-order valence-electron chi connectivity index (χ0n) is 10.5. The lowest BCUT2D eigenvalue weighted by molar-refractivity contribution is 0.0948. The van der Waals surface area contributed by atoms with Gasteiger partial charge in [0.25, 0.3) is 5.91 Å².